The highest BCUT2D eigenvalue weighted by Crippen LogP contribution is 2.25. The highest BCUT2D eigenvalue weighted by Gasteiger charge is 2.00. The van der Waals surface area contributed by atoms with Crippen molar-refractivity contribution < 1.29 is 19.2 Å². The van der Waals surface area contributed by atoms with E-state index in [9.17, 15) is 0 Å². The molecule has 0 aromatic heterocycles. The average molecular weight is 167 g/mol. The Morgan fingerprint density at radius 2 is 1.90 bits per heavy atom. The summed E-state index contributed by atoms with van der Waals surface area (Å²) >= 11 is 0. The van der Waals surface area contributed by atoms with Crippen LogP contribution in [0.3, 0.4) is 0 Å². The van der Waals surface area contributed by atoms with Gasteiger partial charge in [0.25, 0.3) is 0 Å². The zero-order chi connectivity index (χ0) is 8.04. The predicted molar refractivity (Wildman–Crippen MR) is 32.5 cm³/mol. The largest absolute Gasteiger partial charge is 0.466 e. The Morgan fingerprint density at radius 1 is 1.40 bits per heavy atom. The van der Waals surface area contributed by atoms with E-state index in [1.807, 2.05) is 0 Å². The summed E-state index contributed by atoms with van der Waals surface area (Å²) in [6.45, 7) is 0.667. The van der Waals surface area contributed by atoms with Crippen LogP contribution in [0.15, 0.2) is 15.4 Å². The van der Waals surface area contributed by atoms with Crippen LogP contribution >= 0.6 is 7.82 Å². The Labute approximate surface area is 56.3 Å². The first-order valence-corrected chi connectivity index (χ1v) is 3.73. The van der Waals surface area contributed by atoms with Gasteiger partial charge in [-0.15, -0.1) is 5.10 Å². The smallest absolute Gasteiger partial charge is 0.303 e. The maximum atomic E-state index is 8.88. The number of hydrogen-bond donors (Lipinski definition) is 3. The molecule has 0 unspecified atom stereocenters. The molecule has 0 aromatic carbocycles. The van der Waals surface area contributed by atoms with Crippen LogP contribution in [0.2, 0.25) is 0 Å². The maximum absolute atomic E-state index is 8.88. The van der Waals surface area contributed by atoms with E-state index in [1.54, 1.807) is 6.21 Å². The van der Waals surface area contributed by atoms with Gasteiger partial charge in [0.1, 0.15) is 0 Å². The molecule has 0 saturated carbocycles. The molecule has 3 N–H and O–H groups in total. The van der Waals surface area contributed by atoms with E-state index < -0.39 is 7.82 Å². The molecule has 0 atom stereocenters. The van der Waals surface area contributed by atoms with E-state index in [2.05, 4.69) is 15.4 Å². The Hall–Kier alpha value is -0.620. The Bertz CT molecular complexity index is 165. The second-order valence-electron chi connectivity index (χ2n) is 1.22. The van der Waals surface area contributed by atoms with Crippen molar-refractivity contribution >= 4 is 14.0 Å². The summed E-state index contributed by atoms with van der Waals surface area (Å²) in [5.41, 5.74) is 0. The summed E-state index contributed by atoms with van der Waals surface area (Å²) in [4.78, 5) is 21.6. The number of nitrogens with zero attached hydrogens (tertiary/aromatic N) is 3. The third kappa shape index (κ3) is 15.7. The van der Waals surface area contributed by atoms with Crippen molar-refractivity contribution in [3.05, 3.63) is 0 Å². The van der Waals surface area contributed by atoms with Crippen molar-refractivity contribution in [2.24, 2.45) is 15.4 Å². The van der Waals surface area contributed by atoms with E-state index >= 15 is 0 Å². The molecule has 0 bridgehead atoms. The molecular formula is C2H6N3O4P. The number of hydrogen-bond acceptors (Lipinski definition) is 4. The molecule has 7 nitrogen and oxygen atoms in total. The minimum Gasteiger partial charge on any atom is -0.303 e. The van der Waals surface area contributed by atoms with Crippen molar-refractivity contribution in [2.75, 3.05) is 6.54 Å². The lowest BCUT2D eigenvalue weighted by Gasteiger charge is -1.82. The van der Waals surface area contributed by atoms with Gasteiger partial charge in [-0.2, -0.15) is 5.11 Å². The van der Waals surface area contributed by atoms with E-state index in [4.69, 9.17) is 19.2 Å². The number of phosphoric acid groups is 1. The van der Waals surface area contributed by atoms with Crippen LogP contribution in [-0.2, 0) is 4.57 Å². The van der Waals surface area contributed by atoms with Crippen molar-refractivity contribution in [2.45, 2.75) is 0 Å². The lowest BCUT2D eigenvalue weighted by Crippen LogP contribution is -1.66. The van der Waals surface area contributed by atoms with E-state index in [-0.39, 0.29) is 0 Å². The Kier molecular flexibility index (Phi) is 3.97. The Balaban J connectivity index is 0.000000162. The summed E-state index contributed by atoms with van der Waals surface area (Å²) in [7, 11) is -4.64. The van der Waals surface area contributed by atoms with E-state index in [1.165, 1.54) is 0 Å². The summed E-state index contributed by atoms with van der Waals surface area (Å²) < 4.78 is 8.88. The topological polar surface area (TPSA) is 115 Å². The maximum Gasteiger partial charge on any atom is 0.466 e. The fraction of sp³-hybridized carbons (Fsp3) is 0.500. The minimum absolute atomic E-state index is 0.667. The Morgan fingerprint density at radius 3 is 2.00 bits per heavy atom. The van der Waals surface area contributed by atoms with E-state index in [0.717, 1.165) is 0 Å². The molecule has 0 saturated heterocycles. The minimum atomic E-state index is -4.64. The molecule has 0 fully saturated rings. The summed E-state index contributed by atoms with van der Waals surface area (Å²) in [6.07, 6.45) is 1.65. The molecule has 10 heavy (non-hydrogen) atoms. The summed E-state index contributed by atoms with van der Waals surface area (Å²) in [5.74, 6) is 0. The zero-order valence-electron chi connectivity index (χ0n) is 4.82. The van der Waals surface area contributed by atoms with Crippen molar-refractivity contribution in [3.8, 4) is 0 Å². The van der Waals surface area contributed by atoms with Gasteiger partial charge < -0.3 is 14.7 Å². The van der Waals surface area contributed by atoms with E-state index in [0.29, 0.717) is 6.54 Å². The summed E-state index contributed by atoms with van der Waals surface area (Å²) in [5, 5.41) is 10.2. The van der Waals surface area contributed by atoms with Gasteiger partial charge in [-0.05, 0) is 5.22 Å². The first-order chi connectivity index (χ1) is 4.50. The highest BCUT2D eigenvalue weighted by atomic mass is 31.2. The highest BCUT2D eigenvalue weighted by molar-refractivity contribution is 7.45. The average Bonchev–Trinajstić information content (AvgIpc) is 2.07. The van der Waals surface area contributed by atoms with Gasteiger partial charge in [-0.1, -0.05) is 0 Å². The van der Waals surface area contributed by atoms with Crippen LogP contribution in [-0.4, -0.2) is 27.4 Å². The number of rotatable bonds is 0. The van der Waals surface area contributed by atoms with Crippen LogP contribution in [0.25, 0.3) is 0 Å². The standard InChI is InChI=1S/C2H3N3.H3O4P/c1-2-4-5-3-1;1-5(2,3)4/h1H,2H2;(H3,1,2,3,4). The van der Waals surface area contributed by atoms with Crippen LogP contribution in [0.1, 0.15) is 0 Å². The lowest BCUT2D eigenvalue weighted by atomic mass is 10.8. The monoisotopic (exact) mass is 167 g/mol. The molecule has 0 aliphatic carbocycles. The first-order valence-electron chi connectivity index (χ1n) is 2.17. The zero-order valence-corrected chi connectivity index (χ0v) is 5.72. The van der Waals surface area contributed by atoms with Crippen molar-refractivity contribution in [1.82, 2.24) is 0 Å². The molecule has 1 aliphatic heterocycles. The summed E-state index contributed by atoms with van der Waals surface area (Å²) in [6, 6.07) is 0. The molecule has 1 heterocycles. The van der Waals surface area contributed by atoms with Gasteiger partial charge >= 0.3 is 7.82 Å². The van der Waals surface area contributed by atoms with Crippen LogP contribution < -0.4 is 0 Å². The molecule has 1 rings (SSSR count). The molecule has 0 amide bonds. The van der Waals surface area contributed by atoms with Crippen LogP contribution in [0.5, 0.6) is 0 Å². The third-order valence-electron chi connectivity index (χ3n) is 0.360. The van der Waals surface area contributed by atoms with Gasteiger partial charge in [0.05, 0.1) is 12.8 Å². The molecule has 0 aromatic rings. The van der Waals surface area contributed by atoms with Gasteiger partial charge in [0.15, 0.2) is 0 Å². The van der Waals surface area contributed by atoms with Gasteiger partial charge in [0, 0.05) is 0 Å². The molecule has 58 valence electrons. The fourth-order valence-electron chi connectivity index (χ4n) is 0.183. The fourth-order valence-corrected chi connectivity index (χ4v) is 0.183. The second kappa shape index (κ2) is 4.24. The first kappa shape index (κ1) is 9.38. The van der Waals surface area contributed by atoms with Gasteiger partial charge in [0.2, 0.25) is 0 Å². The predicted octanol–water partition coefficient (Wildman–Crippen LogP) is -0.491. The molecule has 0 spiro atoms. The SMILES string of the molecule is C1=NN=NC1.O=P(O)(O)O. The molecule has 8 heteroatoms. The van der Waals surface area contributed by atoms with Crippen molar-refractivity contribution in [3.63, 3.8) is 0 Å². The van der Waals surface area contributed by atoms with Crippen LogP contribution in [0, 0.1) is 0 Å². The van der Waals surface area contributed by atoms with Crippen molar-refractivity contribution in [1.29, 1.82) is 0 Å². The molecular weight excluding hydrogens is 161 g/mol. The lowest BCUT2D eigenvalue weighted by molar-refractivity contribution is 0.275. The van der Waals surface area contributed by atoms with Crippen LogP contribution in [0.4, 0.5) is 0 Å². The molecule has 0 radical (unpaired) electrons. The van der Waals surface area contributed by atoms with Gasteiger partial charge in [-0.3, -0.25) is 0 Å². The van der Waals surface area contributed by atoms with Gasteiger partial charge in [-0.25, -0.2) is 4.57 Å². The quantitative estimate of drug-likeness (QED) is 0.422. The normalized spacial score (nSPS) is 14.7. The second-order valence-corrected chi connectivity index (χ2v) is 2.25. The molecule has 1 aliphatic rings. The third-order valence-corrected chi connectivity index (χ3v) is 0.360.